The number of phenolic OH excluding ortho intramolecular Hbond substituents is 1. The number of aliphatic hydroxyl groups excluding tert-OH is 1. The van der Waals surface area contributed by atoms with Crippen LogP contribution in [-0.2, 0) is 19.1 Å². The second kappa shape index (κ2) is 13.0. The highest BCUT2D eigenvalue weighted by atomic mass is 16.7. The number of esters is 1. The number of carbonyl (C=O) groups is 3. The van der Waals surface area contributed by atoms with Gasteiger partial charge < -0.3 is 54.5 Å². The lowest BCUT2D eigenvalue weighted by Gasteiger charge is -2.50. The highest BCUT2D eigenvalue weighted by molar-refractivity contribution is 5.87. The van der Waals surface area contributed by atoms with Crippen molar-refractivity contribution in [2.24, 2.45) is 11.8 Å². The first kappa shape index (κ1) is 35.4. The quantitative estimate of drug-likeness (QED) is 0.253. The van der Waals surface area contributed by atoms with E-state index in [0.29, 0.717) is 41.0 Å². The van der Waals surface area contributed by atoms with Gasteiger partial charge in [0.2, 0.25) is 18.4 Å². The van der Waals surface area contributed by atoms with Gasteiger partial charge in [0.1, 0.15) is 12.1 Å². The molecule has 15 heteroatoms. The fourth-order valence-electron chi connectivity index (χ4n) is 8.06. The molecule has 2 fully saturated rings. The van der Waals surface area contributed by atoms with Crippen LogP contribution in [0.5, 0.6) is 28.7 Å². The number of hydrogen-bond acceptors (Lipinski definition) is 13. The number of ether oxygens (including phenoxy) is 6. The molecule has 6 rings (SSSR count). The highest BCUT2D eigenvalue weighted by Gasteiger charge is 2.54. The molecule has 2 amide bonds. The number of phenols is 1. The van der Waals surface area contributed by atoms with Crippen LogP contribution in [0.15, 0.2) is 24.3 Å². The van der Waals surface area contributed by atoms with Crippen molar-refractivity contribution in [3.63, 3.8) is 0 Å². The summed E-state index contributed by atoms with van der Waals surface area (Å²) in [7, 11) is 2.82. The zero-order valence-corrected chi connectivity index (χ0v) is 29.1. The lowest BCUT2D eigenvalue weighted by molar-refractivity contribution is -0.256. The fraction of sp³-hybridized carbons (Fsp3) is 0.571. The number of amides is 2. The molecule has 0 radical (unpaired) electrons. The largest absolute Gasteiger partial charge is 0.502 e. The summed E-state index contributed by atoms with van der Waals surface area (Å²) in [5, 5.41) is 38.7. The Balaban J connectivity index is 1.31. The third-order valence-electron chi connectivity index (χ3n) is 10.3. The number of aliphatic hydroxyl groups is 1. The Bertz CT molecular complexity index is 1630. The Kier molecular flexibility index (Phi) is 9.20. The summed E-state index contributed by atoms with van der Waals surface area (Å²) in [6.07, 6.45) is -2.09. The van der Waals surface area contributed by atoms with E-state index in [0.717, 1.165) is 0 Å². The van der Waals surface area contributed by atoms with Crippen molar-refractivity contribution >= 4 is 18.0 Å². The van der Waals surface area contributed by atoms with Crippen LogP contribution < -0.4 is 29.6 Å². The van der Waals surface area contributed by atoms with Crippen LogP contribution >= 0.6 is 0 Å². The summed E-state index contributed by atoms with van der Waals surface area (Å²) in [6.45, 7) is 8.70. The molecule has 1 aliphatic carbocycles. The molecule has 2 aromatic rings. The van der Waals surface area contributed by atoms with Gasteiger partial charge in [-0.1, -0.05) is 0 Å². The summed E-state index contributed by atoms with van der Waals surface area (Å²) >= 11 is 0. The Morgan fingerprint density at radius 1 is 0.960 bits per heavy atom. The third-order valence-corrected chi connectivity index (χ3v) is 10.3. The average Bonchev–Trinajstić information content (AvgIpc) is 3.67. The van der Waals surface area contributed by atoms with Crippen LogP contribution in [0.1, 0.15) is 76.1 Å². The monoisotopic (exact) mass is 699 g/mol. The van der Waals surface area contributed by atoms with E-state index < -0.39 is 71.1 Å². The van der Waals surface area contributed by atoms with E-state index in [1.165, 1.54) is 26.2 Å². The van der Waals surface area contributed by atoms with Crippen LogP contribution in [0.4, 0.5) is 4.79 Å². The number of hydrogen-bond donors (Lipinski definition) is 5. The molecule has 50 heavy (non-hydrogen) atoms. The van der Waals surface area contributed by atoms with Gasteiger partial charge in [0.15, 0.2) is 23.0 Å². The first-order chi connectivity index (χ1) is 23.6. The number of nitrogens with zero attached hydrogens (tertiary/aromatic N) is 1. The normalized spacial score (nSPS) is 26.1. The molecule has 3 heterocycles. The lowest BCUT2D eigenvalue weighted by Crippen LogP contribution is -2.61. The van der Waals surface area contributed by atoms with Gasteiger partial charge in [0.25, 0.3) is 0 Å². The number of carbonyl (C=O) groups excluding carboxylic acids is 3. The topological polar surface area (TPSA) is 195 Å². The van der Waals surface area contributed by atoms with Crippen LogP contribution in [0.25, 0.3) is 0 Å². The number of piperidine rings is 1. The Labute approximate surface area is 289 Å². The van der Waals surface area contributed by atoms with Gasteiger partial charge in [0.05, 0.1) is 38.9 Å². The smallest absolute Gasteiger partial charge is 0.408 e. The molecule has 0 saturated carbocycles. The second-order valence-electron chi connectivity index (χ2n) is 14.6. The highest BCUT2D eigenvalue weighted by Crippen LogP contribution is 2.55. The molecule has 4 aliphatic rings. The standard InChI is InChI=1S/C35H45N3O12/c1-16(39)28(37-33(43)50-18-12-34(2,3)38(44)35(4,5)13-18)31(41)36-29-20-11-23-22(48-15-49-23)10-19(20)26(27-21(29)14-47-32(27)42)17-8-24(45-6)30(40)25(9-17)46-7/h8-11,16,18,21,26-29,39-40,44H,12-15H2,1-7H3,(H,36,41)(H,37,43)/t16?,21-,26+,27-,28-,29+/m0/s1. The van der Waals surface area contributed by atoms with Gasteiger partial charge in [-0.25, -0.2) is 4.79 Å². The Hall–Kier alpha value is -4.47. The van der Waals surface area contributed by atoms with E-state index in [9.17, 15) is 29.8 Å². The van der Waals surface area contributed by atoms with Gasteiger partial charge in [-0.05, 0) is 75.6 Å². The minimum Gasteiger partial charge on any atom is -0.502 e. The summed E-state index contributed by atoms with van der Waals surface area (Å²) in [4.78, 5) is 40.6. The predicted molar refractivity (Wildman–Crippen MR) is 174 cm³/mol. The lowest BCUT2D eigenvalue weighted by atomic mass is 9.65. The van der Waals surface area contributed by atoms with Crippen molar-refractivity contribution in [1.29, 1.82) is 0 Å². The number of cyclic esters (lactones) is 1. The van der Waals surface area contributed by atoms with Crippen LogP contribution in [0.2, 0.25) is 0 Å². The number of fused-ring (bicyclic) bond motifs is 3. The summed E-state index contributed by atoms with van der Waals surface area (Å²) < 4.78 is 33.5. The molecule has 0 bridgehead atoms. The van der Waals surface area contributed by atoms with Crippen LogP contribution in [0.3, 0.4) is 0 Å². The molecule has 1 unspecified atom stereocenters. The van der Waals surface area contributed by atoms with Crippen LogP contribution in [0, 0.1) is 11.8 Å². The van der Waals surface area contributed by atoms with Crippen molar-refractivity contribution in [3.05, 3.63) is 41.0 Å². The molecular formula is C35H45N3O12. The number of alkyl carbamates (subject to hydrolysis) is 1. The molecule has 0 aromatic heterocycles. The fourth-order valence-corrected chi connectivity index (χ4v) is 8.06. The SMILES string of the molecule is COc1cc([C@@H]2c3cc4c(cc3[C@@H](NC(=O)[C@@H](NC(=O)OC3CC(C)(C)N(O)C(C)(C)C3)C(C)O)[C@H]3COC(=O)[C@H]23)OCO4)cc(OC)c1O. The van der Waals surface area contributed by atoms with E-state index in [4.69, 9.17) is 28.4 Å². The molecule has 2 aromatic carbocycles. The average molecular weight is 700 g/mol. The van der Waals surface area contributed by atoms with Crippen LogP contribution in [-0.4, -0.2) is 95.4 Å². The molecule has 0 spiro atoms. The molecule has 272 valence electrons. The number of methoxy groups -OCH3 is 2. The number of rotatable bonds is 8. The molecule has 3 aliphatic heterocycles. The van der Waals surface area contributed by atoms with Crippen molar-refractivity contribution < 1.29 is 58.2 Å². The predicted octanol–water partition coefficient (Wildman–Crippen LogP) is 3.12. The van der Waals surface area contributed by atoms with Gasteiger partial charge >= 0.3 is 12.1 Å². The summed E-state index contributed by atoms with van der Waals surface area (Å²) in [6, 6.07) is 4.54. The number of aromatic hydroxyl groups is 1. The maximum atomic E-state index is 14.0. The first-order valence-corrected chi connectivity index (χ1v) is 16.6. The maximum Gasteiger partial charge on any atom is 0.408 e. The minimum atomic E-state index is -1.42. The second-order valence-corrected chi connectivity index (χ2v) is 14.6. The maximum absolute atomic E-state index is 14.0. The third kappa shape index (κ3) is 6.22. The first-order valence-electron chi connectivity index (χ1n) is 16.6. The zero-order chi connectivity index (χ0) is 36.3. The summed E-state index contributed by atoms with van der Waals surface area (Å²) in [5.74, 6) is -2.20. The Morgan fingerprint density at radius 3 is 2.10 bits per heavy atom. The zero-order valence-electron chi connectivity index (χ0n) is 29.1. The van der Waals surface area contributed by atoms with E-state index >= 15 is 0 Å². The summed E-state index contributed by atoms with van der Waals surface area (Å²) in [5.41, 5.74) is 0.492. The van der Waals surface area contributed by atoms with E-state index in [-0.39, 0.29) is 30.6 Å². The molecule has 2 saturated heterocycles. The van der Waals surface area contributed by atoms with E-state index in [1.807, 2.05) is 27.7 Å². The van der Waals surface area contributed by atoms with Gasteiger partial charge in [-0.15, -0.1) is 0 Å². The molecule has 5 N–H and O–H groups in total. The molecule has 6 atom stereocenters. The van der Waals surface area contributed by atoms with E-state index in [2.05, 4.69) is 10.6 Å². The molecular weight excluding hydrogens is 654 g/mol. The molecule has 15 nitrogen and oxygen atoms in total. The van der Waals surface area contributed by atoms with Crippen molar-refractivity contribution in [3.8, 4) is 28.7 Å². The van der Waals surface area contributed by atoms with Gasteiger partial charge in [0, 0.05) is 35.8 Å². The minimum absolute atomic E-state index is 0.0164. The number of nitrogens with one attached hydrogen (secondary N) is 2. The Morgan fingerprint density at radius 2 is 1.54 bits per heavy atom. The van der Waals surface area contributed by atoms with Crippen molar-refractivity contribution in [1.82, 2.24) is 15.7 Å². The van der Waals surface area contributed by atoms with E-state index in [1.54, 1.807) is 24.3 Å². The van der Waals surface area contributed by atoms with Crippen molar-refractivity contribution in [2.45, 2.75) is 88.7 Å². The van der Waals surface area contributed by atoms with Crippen molar-refractivity contribution in [2.75, 3.05) is 27.6 Å². The number of benzene rings is 2. The number of hydroxylamine groups is 2. The van der Waals surface area contributed by atoms with Gasteiger partial charge in [-0.3, -0.25) is 9.59 Å². The van der Waals surface area contributed by atoms with Gasteiger partial charge in [-0.2, -0.15) is 5.06 Å².